The Morgan fingerprint density at radius 2 is 1.97 bits per heavy atom. The highest BCUT2D eigenvalue weighted by Gasteiger charge is 2.20. The van der Waals surface area contributed by atoms with E-state index in [0.717, 1.165) is 23.6 Å². The summed E-state index contributed by atoms with van der Waals surface area (Å²) in [6, 6.07) is 13.0. The van der Waals surface area contributed by atoms with E-state index in [1.165, 1.54) is 11.8 Å². The first kappa shape index (κ1) is 21.5. The zero-order valence-corrected chi connectivity index (χ0v) is 18.9. The second-order valence-electron chi connectivity index (χ2n) is 7.33. The minimum atomic E-state index is -0.136. The monoisotopic (exact) mass is 458 g/mol. The van der Waals surface area contributed by atoms with Gasteiger partial charge in [-0.3, -0.25) is 9.36 Å². The molecule has 0 fully saturated rings. The second-order valence-corrected chi connectivity index (χ2v) is 8.71. The van der Waals surface area contributed by atoms with Gasteiger partial charge in [0.2, 0.25) is 5.91 Å². The van der Waals surface area contributed by atoms with E-state index in [-0.39, 0.29) is 17.7 Å². The Kier molecular flexibility index (Phi) is 6.67. The molecule has 1 aromatic heterocycles. The molecule has 31 heavy (non-hydrogen) atoms. The third-order valence-electron chi connectivity index (χ3n) is 4.63. The number of fused-ring (bicyclic) bond motifs is 1. The minimum Gasteiger partial charge on any atom is -0.490 e. The Labute approximate surface area is 190 Å². The predicted octanol–water partition coefficient (Wildman–Crippen LogP) is 5.07. The highest BCUT2D eigenvalue weighted by atomic mass is 35.5. The number of nitrogens with one attached hydrogen (secondary N) is 1. The van der Waals surface area contributed by atoms with E-state index < -0.39 is 0 Å². The lowest BCUT2D eigenvalue weighted by molar-refractivity contribution is -0.113. The Hall–Kier alpha value is -2.71. The summed E-state index contributed by atoms with van der Waals surface area (Å²) in [5.74, 6) is 2.25. The molecule has 162 valence electrons. The summed E-state index contributed by atoms with van der Waals surface area (Å²) in [5, 5.41) is 12.8. The Bertz CT molecular complexity index is 1090. The molecule has 1 amide bonds. The van der Waals surface area contributed by atoms with Gasteiger partial charge in [0.1, 0.15) is 0 Å². The topological polar surface area (TPSA) is 78.3 Å². The Morgan fingerprint density at radius 3 is 2.74 bits per heavy atom. The fraction of sp³-hybridized carbons (Fsp3) is 0.318. The summed E-state index contributed by atoms with van der Waals surface area (Å²) in [6.07, 6.45) is 0.851. The quantitative estimate of drug-likeness (QED) is 0.519. The van der Waals surface area contributed by atoms with Crippen molar-refractivity contribution in [2.24, 2.45) is 0 Å². The number of benzene rings is 2. The molecule has 7 nitrogen and oxygen atoms in total. The molecule has 0 spiro atoms. The number of carbonyl (C=O) groups excluding carboxylic acids is 1. The number of hydrogen-bond acceptors (Lipinski definition) is 6. The van der Waals surface area contributed by atoms with Gasteiger partial charge in [-0.2, -0.15) is 0 Å². The Balaban J connectivity index is 1.51. The molecule has 0 aliphatic carbocycles. The molecule has 4 rings (SSSR count). The lowest BCUT2D eigenvalue weighted by Crippen LogP contribution is -2.15. The highest BCUT2D eigenvalue weighted by molar-refractivity contribution is 7.99. The number of aromatic nitrogens is 3. The molecular formula is C22H23ClN4O3S. The molecule has 0 atom stereocenters. The first-order chi connectivity index (χ1) is 15.0. The van der Waals surface area contributed by atoms with E-state index in [2.05, 4.69) is 29.4 Å². The fourth-order valence-electron chi connectivity index (χ4n) is 3.23. The molecule has 2 heterocycles. The molecule has 0 saturated carbocycles. The number of carbonyl (C=O) groups is 1. The van der Waals surface area contributed by atoms with Crippen molar-refractivity contribution in [1.82, 2.24) is 14.8 Å². The minimum absolute atomic E-state index is 0.111. The standard InChI is InChI=1S/C22H23ClN4O3S/c1-14(2)27-21(15-7-8-18-19(11-15)30-10-4-9-29-18)25-26-22(27)31-13-20(28)24-17-6-3-5-16(23)12-17/h3,5-8,11-12,14H,4,9-10,13H2,1-2H3,(H,24,28). The molecule has 0 radical (unpaired) electrons. The van der Waals surface area contributed by atoms with E-state index in [0.29, 0.717) is 34.8 Å². The van der Waals surface area contributed by atoms with Crippen molar-refractivity contribution in [3.63, 3.8) is 0 Å². The molecule has 1 N–H and O–H groups in total. The summed E-state index contributed by atoms with van der Waals surface area (Å²) >= 11 is 7.32. The van der Waals surface area contributed by atoms with Crippen LogP contribution in [0.3, 0.4) is 0 Å². The zero-order valence-electron chi connectivity index (χ0n) is 17.3. The molecule has 0 bridgehead atoms. The maximum absolute atomic E-state index is 12.4. The van der Waals surface area contributed by atoms with Crippen molar-refractivity contribution < 1.29 is 14.3 Å². The molecule has 1 aliphatic heterocycles. The van der Waals surface area contributed by atoms with Crippen molar-refractivity contribution >= 4 is 35.0 Å². The van der Waals surface area contributed by atoms with Gasteiger partial charge in [0.15, 0.2) is 22.5 Å². The van der Waals surface area contributed by atoms with Gasteiger partial charge in [0, 0.05) is 28.7 Å². The van der Waals surface area contributed by atoms with Gasteiger partial charge in [0.05, 0.1) is 19.0 Å². The maximum atomic E-state index is 12.4. The van der Waals surface area contributed by atoms with Gasteiger partial charge < -0.3 is 14.8 Å². The number of thioether (sulfide) groups is 1. The van der Waals surface area contributed by atoms with Crippen LogP contribution in [-0.4, -0.2) is 39.6 Å². The highest BCUT2D eigenvalue weighted by Crippen LogP contribution is 2.35. The van der Waals surface area contributed by atoms with Crippen LogP contribution < -0.4 is 14.8 Å². The van der Waals surface area contributed by atoms with E-state index in [1.54, 1.807) is 24.3 Å². The molecule has 0 unspecified atom stereocenters. The number of hydrogen-bond donors (Lipinski definition) is 1. The number of halogens is 1. The van der Waals surface area contributed by atoms with Crippen LogP contribution >= 0.6 is 23.4 Å². The predicted molar refractivity (Wildman–Crippen MR) is 122 cm³/mol. The second kappa shape index (κ2) is 9.62. The summed E-state index contributed by atoms with van der Waals surface area (Å²) < 4.78 is 13.6. The van der Waals surface area contributed by atoms with Crippen LogP contribution in [0, 0.1) is 0 Å². The Morgan fingerprint density at radius 1 is 1.16 bits per heavy atom. The fourth-order valence-corrected chi connectivity index (χ4v) is 4.29. The molecule has 9 heteroatoms. The summed E-state index contributed by atoms with van der Waals surface area (Å²) in [5.41, 5.74) is 1.55. The molecule has 1 aliphatic rings. The van der Waals surface area contributed by atoms with Crippen LogP contribution in [0.5, 0.6) is 11.5 Å². The molecule has 3 aromatic rings. The van der Waals surface area contributed by atoms with Crippen LogP contribution in [0.1, 0.15) is 26.3 Å². The van der Waals surface area contributed by atoms with Crippen molar-refractivity contribution in [1.29, 1.82) is 0 Å². The van der Waals surface area contributed by atoms with E-state index >= 15 is 0 Å². The van der Waals surface area contributed by atoms with Crippen molar-refractivity contribution in [3.8, 4) is 22.9 Å². The number of anilines is 1. The molecule has 0 saturated heterocycles. The largest absolute Gasteiger partial charge is 0.490 e. The van der Waals surface area contributed by atoms with Crippen molar-refractivity contribution in [2.45, 2.75) is 31.5 Å². The van der Waals surface area contributed by atoms with Crippen LogP contribution in [0.15, 0.2) is 47.6 Å². The number of amides is 1. The van der Waals surface area contributed by atoms with Gasteiger partial charge in [0.25, 0.3) is 0 Å². The van der Waals surface area contributed by atoms with Crippen LogP contribution in [0.25, 0.3) is 11.4 Å². The van der Waals surface area contributed by atoms with E-state index in [1.807, 2.05) is 22.8 Å². The van der Waals surface area contributed by atoms with Gasteiger partial charge in [-0.1, -0.05) is 29.4 Å². The third kappa shape index (κ3) is 5.14. The number of rotatable bonds is 6. The lowest BCUT2D eigenvalue weighted by Gasteiger charge is -2.15. The summed E-state index contributed by atoms with van der Waals surface area (Å²) in [7, 11) is 0. The van der Waals surface area contributed by atoms with Gasteiger partial charge in [-0.05, 0) is 50.2 Å². The molecular weight excluding hydrogens is 436 g/mol. The first-order valence-electron chi connectivity index (χ1n) is 10.0. The van der Waals surface area contributed by atoms with Gasteiger partial charge in [-0.25, -0.2) is 0 Å². The average molecular weight is 459 g/mol. The normalized spacial score (nSPS) is 13.2. The van der Waals surface area contributed by atoms with Gasteiger partial charge in [-0.15, -0.1) is 10.2 Å². The van der Waals surface area contributed by atoms with Crippen LogP contribution in [-0.2, 0) is 4.79 Å². The van der Waals surface area contributed by atoms with E-state index in [4.69, 9.17) is 21.1 Å². The summed E-state index contributed by atoms with van der Waals surface area (Å²) in [4.78, 5) is 12.4. The summed E-state index contributed by atoms with van der Waals surface area (Å²) in [6.45, 7) is 5.39. The third-order valence-corrected chi connectivity index (χ3v) is 5.81. The first-order valence-corrected chi connectivity index (χ1v) is 11.4. The maximum Gasteiger partial charge on any atom is 0.234 e. The van der Waals surface area contributed by atoms with Crippen molar-refractivity contribution in [2.75, 3.05) is 24.3 Å². The van der Waals surface area contributed by atoms with E-state index in [9.17, 15) is 4.79 Å². The molecule has 2 aromatic carbocycles. The number of ether oxygens (including phenoxy) is 2. The van der Waals surface area contributed by atoms with Crippen LogP contribution in [0.2, 0.25) is 5.02 Å². The lowest BCUT2D eigenvalue weighted by atomic mass is 10.2. The number of nitrogens with zero attached hydrogens (tertiary/aromatic N) is 3. The van der Waals surface area contributed by atoms with Crippen LogP contribution in [0.4, 0.5) is 5.69 Å². The zero-order chi connectivity index (χ0) is 21.8. The van der Waals surface area contributed by atoms with Crippen molar-refractivity contribution in [3.05, 3.63) is 47.5 Å². The van der Waals surface area contributed by atoms with Gasteiger partial charge >= 0.3 is 0 Å². The SMILES string of the molecule is CC(C)n1c(SCC(=O)Nc2cccc(Cl)c2)nnc1-c1ccc2c(c1)OCCCO2. The average Bonchev–Trinajstić information content (AvgIpc) is 3.03. The smallest absolute Gasteiger partial charge is 0.234 e.